The molecule has 0 radical (unpaired) electrons. The molecule has 1 N–H and O–H groups in total. The summed E-state index contributed by atoms with van der Waals surface area (Å²) in [5.41, 5.74) is -12.3. The summed E-state index contributed by atoms with van der Waals surface area (Å²) < 4.78 is 108. The zero-order valence-corrected chi connectivity index (χ0v) is 17.3. The molecule has 0 amide bonds. The van der Waals surface area contributed by atoms with Crippen LogP contribution in [0.2, 0.25) is 0 Å². The van der Waals surface area contributed by atoms with Crippen molar-refractivity contribution < 1.29 is 43.2 Å². The first-order valence-electron chi connectivity index (χ1n) is 8.62. The molecule has 1 aliphatic rings. The second-order valence-corrected chi connectivity index (χ2v) is 9.62. The second kappa shape index (κ2) is 11.8. The van der Waals surface area contributed by atoms with Crippen molar-refractivity contribution in [1.82, 2.24) is 9.03 Å². The van der Waals surface area contributed by atoms with E-state index in [1.807, 2.05) is 0 Å². The molecule has 6 nitrogen and oxygen atoms in total. The third-order valence-corrected chi connectivity index (χ3v) is 6.49. The summed E-state index contributed by atoms with van der Waals surface area (Å²) in [5, 5.41) is 0. The van der Waals surface area contributed by atoms with Crippen molar-refractivity contribution in [1.29, 1.82) is 0 Å². The molecule has 1 heterocycles. The number of hydrogen-bond donors (Lipinski definition) is 1. The van der Waals surface area contributed by atoms with Crippen LogP contribution < -0.4 is 4.13 Å². The highest BCUT2D eigenvalue weighted by molar-refractivity contribution is 8.05. The number of sulfonamides is 2. The van der Waals surface area contributed by atoms with Crippen LogP contribution in [0.4, 0.5) is 26.3 Å². The lowest BCUT2D eigenvalue weighted by atomic mass is 10.1. The highest BCUT2D eigenvalue weighted by Crippen LogP contribution is 2.27. The van der Waals surface area contributed by atoms with Crippen LogP contribution in [-0.2, 0) is 20.0 Å². The van der Waals surface area contributed by atoms with Crippen LogP contribution in [-0.4, -0.2) is 45.8 Å². The van der Waals surface area contributed by atoms with Gasteiger partial charge in [-0.15, -0.1) is 0 Å². The van der Waals surface area contributed by atoms with E-state index in [1.54, 1.807) is 0 Å². The summed E-state index contributed by atoms with van der Waals surface area (Å²) in [6.07, 6.45) is 17.0. The first-order chi connectivity index (χ1) is 13.1. The molecule has 29 heavy (non-hydrogen) atoms. The standard InChI is InChI=1S/C13H23N.C2HF6NO4S2/c1-2-3-4-5-6-8-11-14-12-9-7-10-13-14;3-1(4,5)14(10,11)9-15(12,13)2(6,7)8/h7,9-10,12H,2-6,8,11,13H2,1H3;9H. The fourth-order valence-electron chi connectivity index (χ4n) is 2.01. The van der Waals surface area contributed by atoms with Crippen LogP contribution >= 0.6 is 0 Å². The first-order valence-corrected chi connectivity index (χ1v) is 11.6. The third kappa shape index (κ3) is 10.9. The summed E-state index contributed by atoms with van der Waals surface area (Å²) in [6, 6.07) is 0. The third-order valence-electron chi connectivity index (χ3n) is 3.51. The molecular weight excluding hydrogens is 450 g/mol. The number of alkyl halides is 6. The highest BCUT2D eigenvalue weighted by Gasteiger charge is 2.55. The Labute approximate surface area is 166 Å². The van der Waals surface area contributed by atoms with E-state index in [0.29, 0.717) is 0 Å². The van der Waals surface area contributed by atoms with Crippen molar-refractivity contribution in [2.45, 2.75) is 56.5 Å². The van der Waals surface area contributed by atoms with Crippen molar-refractivity contribution >= 4 is 20.0 Å². The van der Waals surface area contributed by atoms with Crippen LogP contribution in [0.15, 0.2) is 24.4 Å². The predicted molar refractivity (Wildman–Crippen MR) is 96.3 cm³/mol. The average molecular weight is 474 g/mol. The average Bonchev–Trinajstić information content (AvgIpc) is 2.56. The summed E-state index contributed by atoms with van der Waals surface area (Å²) >= 11 is 0. The van der Waals surface area contributed by atoms with Crippen LogP contribution in [0, 0.1) is 0 Å². The smallest absolute Gasteiger partial charge is 0.374 e. The van der Waals surface area contributed by atoms with E-state index in [1.165, 1.54) is 45.1 Å². The van der Waals surface area contributed by atoms with E-state index in [4.69, 9.17) is 0 Å². The molecule has 0 spiro atoms. The van der Waals surface area contributed by atoms with Gasteiger partial charge in [0.15, 0.2) is 0 Å². The van der Waals surface area contributed by atoms with Crippen molar-refractivity contribution in [3.8, 4) is 0 Å². The zero-order chi connectivity index (χ0) is 22.8. The van der Waals surface area contributed by atoms with Crippen molar-refractivity contribution in [3.05, 3.63) is 24.4 Å². The van der Waals surface area contributed by atoms with E-state index in [-0.39, 0.29) is 0 Å². The maximum atomic E-state index is 11.5. The molecule has 0 saturated carbocycles. The molecule has 0 aromatic heterocycles. The lowest BCUT2D eigenvalue weighted by molar-refractivity contribution is -0.0476. The van der Waals surface area contributed by atoms with Gasteiger partial charge in [-0.1, -0.05) is 55.3 Å². The molecule has 1 rings (SSSR count). The molecule has 0 bridgehead atoms. The van der Waals surface area contributed by atoms with Crippen molar-refractivity contribution in [2.75, 3.05) is 13.1 Å². The Hall–Kier alpha value is -1.28. The van der Waals surface area contributed by atoms with Gasteiger partial charge in [0.05, 0.1) is 0 Å². The molecule has 0 aromatic carbocycles. The molecule has 0 fully saturated rings. The van der Waals surface area contributed by atoms with Crippen LogP contribution in [0.25, 0.3) is 0 Å². The molecule has 172 valence electrons. The van der Waals surface area contributed by atoms with E-state index in [2.05, 4.69) is 36.3 Å². The number of halogens is 6. The molecular formula is C15H24F6N2O4S2. The Bertz CT molecular complexity index is 702. The highest BCUT2D eigenvalue weighted by atomic mass is 32.3. The molecule has 0 saturated heterocycles. The minimum absolute atomic E-state index is 0.493. The molecule has 0 aromatic rings. The minimum atomic E-state index is -6.60. The summed E-state index contributed by atoms with van der Waals surface area (Å²) in [7, 11) is -13.2. The minimum Gasteiger partial charge on any atom is -0.374 e. The number of hydrogen-bond acceptors (Lipinski definition) is 5. The van der Waals surface area contributed by atoms with Gasteiger partial charge >= 0.3 is 31.1 Å². The normalized spacial score (nSPS) is 15.2. The monoisotopic (exact) mass is 474 g/mol. The maximum absolute atomic E-state index is 11.5. The Morgan fingerprint density at radius 2 is 1.31 bits per heavy atom. The Balaban J connectivity index is 0.000000541. The Kier molecular flexibility index (Phi) is 11.3. The van der Waals surface area contributed by atoms with Gasteiger partial charge < -0.3 is 4.90 Å². The summed E-state index contributed by atoms with van der Waals surface area (Å²) in [5.74, 6) is 0. The van der Waals surface area contributed by atoms with E-state index >= 15 is 0 Å². The second-order valence-electron chi connectivity index (χ2n) is 6.01. The van der Waals surface area contributed by atoms with Gasteiger partial charge in [-0.3, -0.25) is 0 Å². The number of unbranched alkanes of at least 4 members (excludes halogenated alkanes) is 5. The van der Waals surface area contributed by atoms with Crippen molar-refractivity contribution in [2.24, 2.45) is 0 Å². The number of rotatable bonds is 9. The van der Waals surface area contributed by atoms with E-state index in [9.17, 15) is 43.2 Å². The molecule has 14 heteroatoms. The summed E-state index contributed by atoms with van der Waals surface area (Å²) in [6.45, 7) is 4.60. The van der Waals surface area contributed by atoms with Gasteiger partial charge in [-0.25, -0.2) is 16.8 Å². The van der Waals surface area contributed by atoms with Crippen molar-refractivity contribution in [3.63, 3.8) is 0 Å². The van der Waals surface area contributed by atoms with Gasteiger partial charge in [-0.2, -0.15) is 26.3 Å². The van der Waals surface area contributed by atoms with Gasteiger partial charge in [0.2, 0.25) is 0 Å². The Morgan fingerprint density at radius 3 is 1.72 bits per heavy atom. The number of nitrogens with one attached hydrogen (secondary N) is 1. The number of allylic oxidation sites excluding steroid dienone is 2. The van der Waals surface area contributed by atoms with Crippen LogP contribution in [0.3, 0.4) is 0 Å². The van der Waals surface area contributed by atoms with Crippen LogP contribution in [0.5, 0.6) is 0 Å². The lowest BCUT2D eigenvalue weighted by Gasteiger charge is -2.20. The predicted octanol–water partition coefficient (Wildman–Crippen LogP) is 4.01. The SMILES string of the molecule is CCCCCCCCN1C=CC=CC1.O=S(=O)(NS(=O)(=O)C(F)(F)F)C(F)(F)F. The molecule has 0 atom stereocenters. The quantitative estimate of drug-likeness (QED) is 0.403. The largest absolute Gasteiger partial charge is 0.512 e. The fraction of sp³-hybridized carbons (Fsp3) is 0.733. The van der Waals surface area contributed by atoms with Gasteiger partial charge in [0, 0.05) is 13.1 Å². The Morgan fingerprint density at radius 1 is 0.828 bits per heavy atom. The van der Waals surface area contributed by atoms with Gasteiger partial charge in [0.25, 0.3) is 0 Å². The van der Waals surface area contributed by atoms with Crippen LogP contribution in [0.1, 0.15) is 45.4 Å². The first kappa shape index (κ1) is 27.7. The van der Waals surface area contributed by atoms with Gasteiger partial charge in [0.1, 0.15) is 0 Å². The number of nitrogens with zero attached hydrogens (tertiary/aromatic N) is 1. The fourth-order valence-corrected chi connectivity index (χ4v) is 3.92. The van der Waals surface area contributed by atoms with E-state index < -0.39 is 35.2 Å². The molecule has 1 aliphatic heterocycles. The maximum Gasteiger partial charge on any atom is 0.512 e. The lowest BCUT2D eigenvalue weighted by Crippen LogP contribution is -2.45. The molecule has 0 unspecified atom stereocenters. The zero-order valence-electron chi connectivity index (χ0n) is 15.6. The van der Waals surface area contributed by atoms with E-state index in [0.717, 1.165) is 6.54 Å². The molecule has 0 aliphatic carbocycles. The summed E-state index contributed by atoms with van der Waals surface area (Å²) in [4.78, 5) is 2.39. The topological polar surface area (TPSA) is 83.6 Å². The van der Waals surface area contributed by atoms with Gasteiger partial charge in [-0.05, 0) is 18.7 Å².